The highest BCUT2D eigenvalue weighted by Gasteiger charge is 2.44. The molecule has 1 saturated carbocycles. The number of alkyl halides is 1. The van der Waals surface area contributed by atoms with Gasteiger partial charge < -0.3 is 14.8 Å². The van der Waals surface area contributed by atoms with Crippen LogP contribution >= 0.6 is 11.6 Å². The van der Waals surface area contributed by atoms with Crippen LogP contribution in [0.2, 0.25) is 0 Å². The van der Waals surface area contributed by atoms with E-state index in [1.807, 2.05) is 0 Å². The van der Waals surface area contributed by atoms with Crippen LogP contribution in [0.4, 0.5) is 4.79 Å². The number of hydrogen-bond donors (Lipinski definition) is 1. The number of hydrogen-bond acceptors (Lipinski definition) is 7. The molecule has 0 atom stereocenters. The quantitative estimate of drug-likeness (QED) is 0.175. The highest BCUT2D eigenvalue weighted by molar-refractivity contribution is 6.18. The summed E-state index contributed by atoms with van der Waals surface area (Å²) in [5.41, 5.74) is -1.31. The minimum Gasteiger partial charge on any atom is -0.465 e. The molecule has 0 saturated heterocycles. The predicted octanol–water partition coefficient (Wildman–Crippen LogP) is 3.39. The SMILES string of the molecule is CCOC(=O)C(C)(CCC1CCC(NC(=O)N(CCCl)N=O)CC1)C(=O)OCC. The number of carbonyl (C=O) groups is 3. The molecule has 0 aromatic rings. The fraction of sp³-hybridized carbons (Fsp3) is 0.842. The van der Waals surface area contributed by atoms with Gasteiger partial charge in [0.15, 0.2) is 5.41 Å². The highest BCUT2D eigenvalue weighted by atomic mass is 35.5. The average Bonchev–Trinajstić information content (AvgIpc) is 2.71. The van der Waals surface area contributed by atoms with Crippen molar-refractivity contribution in [2.45, 2.75) is 65.3 Å². The van der Waals surface area contributed by atoms with Crippen LogP contribution in [0.15, 0.2) is 5.29 Å². The van der Waals surface area contributed by atoms with Crippen LogP contribution in [0.1, 0.15) is 59.3 Å². The van der Waals surface area contributed by atoms with Gasteiger partial charge >= 0.3 is 18.0 Å². The van der Waals surface area contributed by atoms with Gasteiger partial charge in [-0.05, 0) is 65.2 Å². The molecule has 166 valence electrons. The molecule has 0 radical (unpaired) electrons. The number of amides is 2. The van der Waals surface area contributed by atoms with Crippen molar-refractivity contribution in [2.75, 3.05) is 25.6 Å². The Hall–Kier alpha value is -1.90. The van der Waals surface area contributed by atoms with Crippen molar-refractivity contribution in [1.82, 2.24) is 10.3 Å². The summed E-state index contributed by atoms with van der Waals surface area (Å²) in [4.78, 5) is 47.4. The largest absolute Gasteiger partial charge is 0.465 e. The normalized spacial score (nSPS) is 19.2. The Morgan fingerprint density at radius 3 is 2.10 bits per heavy atom. The number of nitroso groups, excluding NO2 is 1. The number of esters is 2. The van der Waals surface area contributed by atoms with Crippen molar-refractivity contribution in [3.8, 4) is 0 Å². The molecule has 1 aliphatic rings. The van der Waals surface area contributed by atoms with Gasteiger partial charge in [0.25, 0.3) is 0 Å². The van der Waals surface area contributed by atoms with E-state index in [0.717, 1.165) is 30.7 Å². The van der Waals surface area contributed by atoms with Crippen LogP contribution in [0.5, 0.6) is 0 Å². The monoisotopic (exact) mass is 433 g/mol. The van der Waals surface area contributed by atoms with Crippen LogP contribution in [0.3, 0.4) is 0 Å². The Morgan fingerprint density at radius 2 is 1.66 bits per heavy atom. The van der Waals surface area contributed by atoms with Gasteiger partial charge in [-0.1, -0.05) is 0 Å². The Balaban J connectivity index is 2.55. The molecular weight excluding hydrogens is 402 g/mol. The molecule has 9 nitrogen and oxygen atoms in total. The molecule has 2 amide bonds. The first-order chi connectivity index (χ1) is 13.8. The molecule has 1 rings (SSSR count). The van der Waals surface area contributed by atoms with Gasteiger partial charge in [-0.25, -0.2) is 4.79 Å². The molecule has 10 heteroatoms. The summed E-state index contributed by atoms with van der Waals surface area (Å²) in [5, 5.41) is 6.26. The van der Waals surface area contributed by atoms with E-state index < -0.39 is 23.4 Å². The average molecular weight is 434 g/mol. The summed E-state index contributed by atoms with van der Waals surface area (Å²) < 4.78 is 10.2. The number of nitrogens with zero attached hydrogens (tertiary/aromatic N) is 2. The van der Waals surface area contributed by atoms with Crippen molar-refractivity contribution in [2.24, 2.45) is 16.6 Å². The topological polar surface area (TPSA) is 114 Å². The van der Waals surface area contributed by atoms with E-state index in [1.54, 1.807) is 20.8 Å². The van der Waals surface area contributed by atoms with Crippen LogP contribution in [0, 0.1) is 16.2 Å². The third kappa shape index (κ3) is 7.45. The lowest BCUT2D eigenvalue weighted by atomic mass is 9.77. The lowest BCUT2D eigenvalue weighted by Crippen LogP contribution is -2.44. The molecule has 0 bridgehead atoms. The second kappa shape index (κ2) is 12.6. The second-order valence-corrected chi connectivity index (χ2v) is 7.75. The first-order valence-corrected chi connectivity index (χ1v) is 10.7. The lowest BCUT2D eigenvalue weighted by molar-refractivity contribution is -0.171. The number of carbonyl (C=O) groups excluding carboxylic acids is 3. The molecule has 29 heavy (non-hydrogen) atoms. The van der Waals surface area contributed by atoms with Gasteiger partial charge in [-0.2, -0.15) is 5.01 Å². The van der Waals surface area contributed by atoms with Crippen LogP contribution < -0.4 is 5.32 Å². The van der Waals surface area contributed by atoms with Crippen molar-refractivity contribution in [1.29, 1.82) is 0 Å². The molecule has 0 aromatic heterocycles. The summed E-state index contributed by atoms with van der Waals surface area (Å²) in [6.45, 7) is 5.45. The third-order valence-corrected chi connectivity index (χ3v) is 5.48. The lowest BCUT2D eigenvalue weighted by Gasteiger charge is -2.32. The molecule has 0 spiro atoms. The number of ether oxygens (including phenoxy) is 2. The molecule has 0 heterocycles. The van der Waals surface area contributed by atoms with E-state index in [9.17, 15) is 19.3 Å². The highest BCUT2D eigenvalue weighted by Crippen LogP contribution is 2.34. The first kappa shape index (κ1) is 25.1. The summed E-state index contributed by atoms with van der Waals surface area (Å²) >= 11 is 5.55. The number of urea groups is 1. The summed E-state index contributed by atoms with van der Waals surface area (Å²) in [7, 11) is 0. The molecule has 1 N–H and O–H groups in total. The number of nitrogens with one attached hydrogen (secondary N) is 1. The Labute approximate surface area is 176 Å². The Bertz CT molecular complexity index is 548. The minimum absolute atomic E-state index is 0.0418. The zero-order valence-corrected chi connectivity index (χ0v) is 18.2. The molecule has 0 unspecified atom stereocenters. The van der Waals surface area contributed by atoms with E-state index in [4.69, 9.17) is 21.1 Å². The second-order valence-electron chi connectivity index (χ2n) is 7.37. The number of halogens is 1. The summed E-state index contributed by atoms with van der Waals surface area (Å²) in [5.74, 6) is -0.652. The number of rotatable bonds is 11. The maximum absolute atomic E-state index is 12.4. The Morgan fingerprint density at radius 1 is 1.10 bits per heavy atom. The van der Waals surface area contributed by atoms with Gasteiger partial charge in [0.2, 0.25) is 0 Å². The van der Waals surface area contributed by atoms with Crippen LogP contribution in [0.25, 0.3) is 0 Å². The molecule has 1 aliphatic carbocycles. The van der Waals surface area contributed by atoms with Crippen molar-refractivity contribution in [3.63, 3.8) is 0 Å². The molecule has 0 aromatic carbocycles. The maximum atomic E-state index is 12.4. The first-order valence-electron chi connectivity index (χ1n) is 10.1. The predicted molar refractivity (Wildman–Crippen MR) is 108 cm³/mol. The van der Waals surface area contributed by atoms with Crippen molar-refractivity contribution >= 4 is 29.6 Å². The van der Waals surface area contributed by atoms with Gasteiger partial charge in [-0.3, -0.25) is 9.59 Å². The van der Waals surface area contributed by atoms with E-state index in [-0.39, 0.29) is 31.7 Å². The fourth-order valence-electron chi connectivity index (χ4n) is 3.47. The molecular formula is C19H32ClN3O6. The standard InChI is InChI=1S/C19H32ClN3O6/c1-4-28-16(24)19(3,17(25)29-5-2)11-10-14-6-8-15(9-7-14)21-18(26)23(22-27)13-12-20/h14-15H,4-13H2,1-3H3,(H,21,26). The van der Waals surface area contributed by atoms with E-state index >= 15 is 0 Å². The van der Waals surface area contributed by atoms with Crippen molar-refractivity contribution in [3.05, 3.63) is 4.91 Å². The van der Waals surface area contributed by atoms with Gasteiger partial charge in [-0.15, -0.1) is 16.5 Å². The van der Waals surface area contributed by atoms with E-state index in [1.165, 1.54) is 0 Å². The van der Waals surface area contributed by atoms with E-state index in [0.29, 0.717) is 18.8 Å². The minimum atomic E-state index is -1.31. The van der Waals surface area contributed by atoms with Gasteiger partial charge in [0, 0.05) is 11.9 Å². The zero-order chi connectivity index (χ0) is 21.9. The van der Waals surface area contributed by atoms with E-state index in [2.05, 4.69) is 10.6 Å². The van der Waals surface area contributed by atoms with Crippen LogP contribution in [-0.2, 0) is 19.1 Å². The fourth-order valence-corrected chi connectivity index (χ4v) is 3.63. The molecule has 1 fully saturated rings. The zero-order valence-electron chi connectivity index (χ0n) is 17.4. The van der Waals surface area contributed by atoms with Gasteiger partial charge in [0.1, 0.15) is 0 Å². The molecule has 0 aliphatic heterocycles. The maximum Gasteiger partial charge on any atom is 0.340 e. The Kier molecular flexibility index (Phi) is 10.9. The van der Waals surface area contributed by atoms with Crippen LogP contribution in [-0.4, -0.2) is 54.7 Å². The summed E-state index contributed by atoms with van der Waals surface area (Å²) in [6, 6.07) is -0.582. The smallest absolute Gasteiger partial charge is 0.340 e. The van der Waals surface area contributed by atoms with Gasteiger partial charge in [0.05, 0.1) is 25.0 Å². The van der Waals surface area contributed by atoms with Crippen molar-refractivity contribution < 1.29 is 23.9 Å². The summed E-state index contributed by atoms with van der Waals surface area (Å²) in [6.07, 6.45) is 4.22. The third-order valence-electron chi connectivity index (χ3n) is 5.31.